The van der Waals surface area contributed by atoms with Crippen molar-refractivity contribution < 1.29 is 14.2 Å². The first-order valence-corrected chi connectivity index (χ1v) is 6.94. The van der Waals surface area contributed by atoms with Crippen molar-refractivity contribution in [3.8, 4) is 5.75 Å². The lowest BCUT2D eigenvalue weighted by molar-refractivity contribution is 0.176. The summed E-state index contributed by atoms with van der Waals surface area (Å²) in [5.74, 6) is 0.267. The number of pyridine rings is 1. The quantitative estimate of drug-likeness (QED) is 0.934. The number of aliphatic hydroxyl groups excluding tert-OH is 1. The normalized spacial score (nSPS) is 12.3. The van der Waals surface area contributed by atoms with Crippen LogP contribution in [0.5, 0.6) is 5.75 Å². The van der Waals surface area contributed by atoms with Crippen molar-refractivity contribution in [2.45, 2.75) is 26.4 Å². The number of aryl methyl sites for hydroxylation is 1. The fraction of sp³-hybridized carbons (Fsp3) is 0.312. The molecule has 21 heavy (non-hydrogen) atoms. The lowest BCUT2D eigenvalue weighted by Crippen LogP contribution is -2.07. The van der Waals surface area contributed by atoms with E-state index in [1.807, 2.05) is 13.8 Å². The molecule has 1 heterocycles. The van der Waals surface area contributed by atoms with E-state index in [2.05, 4.69) is 4.98 Å². The van der Waals surface area contributed by atoms with E-state index in [-0.39, 0.29) is 5.02 Å². The Balaban J connectivity index is 2.27. The number of aliphatic hydroxyl groups is 1. The molecule has 1 aromatic heterocycles. The minimum Gasteiger partial charge on any atom is -0.496 e. The summed E-state index contributed by atoms with van der Waals surface area (Å²) >= 11 is 5.74. The Labute approximate surface area is 128 Å². The summed E-state index contributed by atoms with van der Waals surface area (Å²) in [6.07, 6.45) is 1.22. The van der Waals surface area contributed by atoms with E-state index in [9.17, 15) is 9.50 Å². The molecule has 2 aromatic rings. The molecule has 1 unspecified atom stereocenters. The monoisotopic (exact) mass is 309 g/mol. The molecule has 0 aliphatic carbocycles. The third-order valence-electron chi connectivity index (χ3n) is 3.46. The summed E-state index contributed by atoms with van der Waals surface area (Å²) in [4.78, 5) is 4.34. The van der Waals surface area contributed by atoms with Gasteiger partial charge in [0.05, 0.1) is 18.2 Å². The standard InChI is InChI=1S/C16H17ClFNO2/c1-9-8-19-14(10(2)16(9)21-3)7-15(20)11-4-5-13(18)12(17)6-11/h4-6,8,15,20H,7H2,1-3H3. The average Bonchev–Trinajstić information content (AvgIpc) is 2.45. The number of hydrogen-bond acceptors (Lipinski definition) is 3. The Bertz CT molecular complexity index is 661. The number of nitrogens with zero attached hydrogens (tertiary/aromatic N) is 1. The highest BCUT2D eigenvalue weighted by molar-refractivity contribution is 6.30. The predicted molar refractivity (Wildman–Crippen MR) is 80.3 cm³/mol. The maximum Gasteiger partial charge on any atom is 0.141 e. The summed E-state index contributed by atoms with van der Waals surface area (Å²) in [7, 11) is 1.61. The molecule has 0 fully saturated rings. The number of rotatable bonds is 4. The summed E-state index contributed by atoms with van der Waals surface area (Å²) in [5.41, 5.74) is 3.13. The number of benzene rings is 1. The van der Waals surface area contributed by atoms with Gasteiger partial charge in [0, 0.05) is 29.4 Å². The van der Waals surface area contributed by atoms with Gasteiger partial charge >= 0.3 is 0 Å². The SMILES string of the molecule is COc1c(C)cnc(CC(O)c2ccc(F)c(Cl)c2)c1C. The van der Waals surface area contributed by atoms with Crippen molar-refractivity contribution in [2.75, 3.05) is 7.11 Å². The van der Waals surface area contributed by atoms with Crippen molar-refractivity contribution >= 4 is 11.6 Å². The van der Waals surface area contributed by atoms with Crippen LogP contribution in [0.1, 0.15) is 28.5 Å². The molecule has 0 spiro atoms. The molecule has 0 saturated heterocycles. The molecular formula is C16H17ClFNO2. The van der Waals surface area contributed by atoms with Crippen LogP contribution in [0.25, 0.3) is 0 Å². The van der Waals surface area contributed by atoms with Gasteiger partial charge in [0.2, 0.25) is 0 Å². The number of hydrogen-bond donors (Lipinski definition) is 1. The molecule has 0 bridgehead atoms. The smallest absolute Gasteiger partial charge is 0.141 e. The Kier molecular flexibility index (Phi) is 4.80. The van der Waals surface area contributed by atoms with Crippen LogP contribution in [0, 0.1) is 19.7 Å². The predicted octanol–water partition coefficient (Wildman–Crippen LogP) is 3.78. The van der Waals surface area contributed by atoms with Crippen LogP contribution in [0.2, 0.25) is 5.02 Å². The van der Waals surface area contributed by atoms with E-state index in [0.717, 1.165) is 22.6 Å². The van der Waals surface area contributed by atoms with Gasteiger partial charge < -0.3 is 9.84 Å². The molecule has 0 amide bonds. The Morgan fingerprint density at radius 3 is 2.71 bits per heavy atom. The van der Waals surface area contributed by atoms with Gasteiger partial charge in [-0.3, -0.25) is 4.98 Å². The number of halogens is 2. The second-order valence-electron chi connectivity index (χ2n) is 4.94. The molecule has 0 radical (unpaired) electrons. The first-order chi connectivity index (χ1) is 9.93. The highest BCUT2D eigenvalue weighted by Gasteiger charge is 2.16. The molecule has 1 N–H and O–H groups in total. The van der Waals surface area contributed by atoms with Crippen LogP contribution < -0.4 is 4.74 Å². The van der Waals surface area contributed by atoms with Gasteiger partial charge in [0.1, 0.15) is 11.6 Å². The van der Waals surface area contributed by atoms with Gasteiger partial charge in [-0.05, 0) is 31.5 Å². The number of ether oxygens (including phenoxy) is 1. The van der Waals surface area contributed by atoms with Gasteiger partial charge in [-0.2, -0.15) is 0 Å². The molecule has 2 rings (SSSR count). The molecular weight excluding hydrogens is 293 g/mol. The fourth-order valence-corrected chi connectivity index (χ4v) is 2.49. The van der Waals surface area contributed by atoms with Gasteiger partial charge in [0.25, 0.3) is 0 Å². The van der Waals surface area contributed by atoms with Crippen LogP contribution in [0.3, 0.4) is 0 Å². The van der Waals surface area contributed by atoms with Crippen molar-refractivity contribution in [1.29, 1.82) is 0 Å². The van der Waals surface area contributed by atoms with Crippen molar-refractivity contribution in [2.24, 2.45) is 0 Å². The number of aromatic nitrogens is 1. The first-order valence-electron chi connectivity index (χ1n) is 6.56. The summed E-state index contributed by atoms with van der Waals surface area (Å²) in [5, 5.41) is 10.3. The highest BCUT2D eigenvalue weighted by Crippen LogP contribution is 2.28. The maximum atomic E-state index is 13.2. The minimum absolute atomic E-state index is 0.00211. The van der Waals surface area contributed by atoms with Gasteiger partial charge in [-0.25, -0.2) is 4.39 Å². The highest BCUT2D eigenvalue weighted by atomic mass is 35.5. The lowest BCUT2D eigenvalue weighted by Gasteiger charge is -2.15. The van der Waals surface area contributed by atoms with Gasteiger partial charge in [-0.15, -0.1) is 0 Å². The van der Waals surface area contributed by atoms with E-state index in [1.165, 1.54) is 18.2 Å². The first kappa shape index (κ1) is 15.7. The van der Waals surface area contributed by atoms with Crippen molar-refractivity contribution in [3.63, 3.8) is 0 Å². The molecule has 3 nitrogen and oxygen atoms in total. The minimum atomic E-state index is -0.804. The zero-order chi connectivity index (χ0) is 15.6. The van der Waals surface area contributed by atoms with Crippen LogP contribution in [0.15, 0.2) is 24.4 Å². The molecule has 0 saturated carbocycles. The second kappa shape index (κ2) is 6.41. The largest absolute Gasteiger partial charge is 0.496 e. The molecule has 0 aliphatic heterocycles. The molecule has 5 heteroatoms. The van der Waals surface area contributed by atoms with E-state index >= 15 is 0 Å². The molecule has 0 aliphatic rings. The summed E-state index contributed by atoms with van der Waals surface area (Å²) in [6, 6.07) is 4.20. The van der Waals surface area contributed by atoms with Crippen molar-refractivity contribution in [1.82, 2.24) is 4.98 Å². The van der Waals surface area contributed by atoms with Crippen molar-refractivity contribution in [3.05, 3.63) is 57.6 Å². The molecule has 1 aromatic carbocycles. The molecule has 112 valence electrons. The zero-order valence-corrected chi connectivity index (χ0v) is 12.9. The topological polar surface area (TPSA) is 42.4 Å². The van der Waals surface area contributed by atoms with Gasteiger partial charge in [0.15, 0.2) is 0 Å². The Morgan fingerprint density at radius 2 is 2.10 bits per heavy atom. The Morgan fingerprint density at radius 1 is 1.38 bits per heavy atom. The van der Waals surface area contributed by atoms with E-state index < -0.39 is 11.9 Å². The maximum absolute atomic E-state index is 13.2. The molecule has 1 atom stereocenters. The zero-order valence-electron chi connectivity index (χ0n) is 12.2. The van der Waals surface area contributed by atoms with E-state index in [1.54, 1.807) is 13.3 Å². The summed E-state index contributed by atoms with van der Waals surface area (Å²) in [6.45, 7) is 3.82. The Hall–Kier alpha value is -1.65. The third-order valence-corrected chi connectivity index (χ3v) is 3.75. The third kappa shape index (κ3) is 3.34. The summed E-state index contributed by atoms with van der Waals surface area (Å²) < 4.78 is 18.5. The van der Waals surface area contributed by atoms with E-state index in [0.29, 0.717) is 12.0 Å². The van der Waals surface area contributed by atoms with Crippen LogP contribution in [-0.2, 0) is 6.42 Å². The number of methoxy groups -OCH3 is 1. The van der Waals surface area contributed by atoms with Gasteiger partial charge in [-0.1, -0.05) is 17.7 Å². The fourth-order valence-electron chi connectivity index (χ4n) is 2.30. The van der Waals surface area contributed by atoms with Crippen LogP contribution >= 0.6 is 11.6 Å². The second-order valence-corrected chi connectivity index (χ2v) is 5.35. The average molecular weight is 310 g/mol. The van der Waals surface area contributed by atoms with E-state index in [4.69, 9.17) is 16.3 Å². The lowest BCUT2D eigenvalue weighted by atomic mass is 10.0. The van der Waals surface area contributed by atoms with Crippen LogP contribution in [0.4, 0.5) is 4.39 Å². The van der Waals surface area contributed by atoms with Crippen LogP contribution in [-0.4, -0.2) is 17.2 Å².